The minimum Gasteiger partial charge on any atom is -0.497 e. The number of methoxy groups -OCH3 is 1. The summed E-state index contributed by atoms with van der Waals surface area (Å²) in [5, 5.41) is 0.257. The van der Waals surface area contributed by atoms with Gasteiger partial charge in [-0.2, -0.15) is 0 Å². The molecule has 0 bridgehead atoms. The van der Waals surface area contributed by atoms with Crippen LogP contribution >= 0.6 is 11.6 Å². The number of hydrogen-bond acceptors (Lipinski definition) is 3. The third-order valence-electron chi connectivity index (χ3n) is 4.98. The summed E-state index contributed by atoms with van der Waals surface area (Å²) in [7, 11) is 1.58. The summed E-state index contributed by atoms with van der Waals surface area (Å²) in [6.07, 6.45) is 1.13. The van der Waals surface area contributed by atoms with Crippen molar-refractivity contribution in [3.8, 4) is 5.75 Å². The van der Waals surface area contributed by atoms with E-state index in [2.05, 4.69) is 0 Å². The molecule has 0 atom stereocenters. The number of hydrogen-bond donors (Lipinski definition) is 0. The second-order valence-electron chi connectivity index (χ2n) is 6.62. The lowest BCUT2D eigenvalue weighted by Gasteiger charge is -2.31. The summed E-state index contributed by atoms with van der Waals surface area (Å²) < 4.78 is 19.0. The molecule has 1 aliphatic rings. The van der Waals surface area contributed by atoms with Crippen molar-refractivity contribution in [2.45, 2.75) is 19.3 Å². The van der Waals surface area contributed by atoms with E-state index >= 15 is 0 Å². The van der Waals surface area contributed by atoms with Crippen LogP contribution in [0.15, 0.2) is 42.5 Å². The summed E-state index contributed by atoms with van der Waals surface area (Å²) in [5.74, 6) is 0.0398. The second-order valence-corrected chi connectivity index (χ2v) is 7.03. The van der Waals surface area contributed by atoms with Gasteiger partial charge in [0.2, 0.25) is 5.91 Å². The average molecular weight is 390 g/mol. The van der Waals surface area contributed by atoms with Crippen LogP contribution in [-0.4, -0.2) is 36.8 Å². The van der Waals surface area contributed by atoms with Gasteiger partial charge in [-0.1, -0.05) is 17.7 Å². The van der Waals surface area contributed by atoms with Gasteiger partial charge in [0.15, 0.2) is 5.78 Å². The van der Waals surface area contributed by atoms with Crippen LogP contribution in [0.25, 0.3) is 0 Å². The van der Waals surface area contributed by atoms with Crippen molar-refractivity contribution >= 4 is 23.3 Å². The Morgan fingerprint density at radius 1 is 1.15 bits per heavy atom. The van der Waals surface area contributed by atoms with Gasteiger partial charge in [-0.3, -0.25) is 9.59 Å². The number of benzene rings is 2. The number of piperidine rings is 1. The number of halogens is 2. The van der Waals surface area contributed by atoms with Crippen LogP contribution in [0.4, 0.5) is 4.39 Å². The van der Waals surface area contributed by atoms with Gasteiger partial charge >= 0.3 is 0 Å². The van der Waals surface area contributed by atoms with Crippen molar-refractivity contribution in [3.63, 3.8) is 0 Å². The molecule has 1 amide bonds. The second kappa shape index (κ2) is 8.53. The van der Waals surface area contributed by atoms with Gasteiger partial charge in [0.25, 0.3) is 0 Å². The quantitative estimate of drug-likeness (QED) is 0.721. The average Bonchev–Trinajstić information content (AvgIpc) is 2.70. The van der Waals surface area contributed by atoms with E-state index in [-0.39, 0.29) is 34.6 Å². The number of rotatable bonds is 5. The van der Waals surface area contributed by atoms with Crippen molar-refractivity contribution in [2.24, 2.45) is 5.92 Å². The maximum Gasteiger partial charge on any atom is 0.227 e. The van der Waals surface area contributed by atoms with Crippen LogP contribution in [0.1, 0.15) is 28.8 Å². The smallest absolute Gasteiger partial charge is 0.227 e. The first kappa shape index (κ1) is 19.4. The highest BCUT2D eigenvalue weighted by atomic mass is 35.5. The molecular weight excluding hydrogens is 369 g/mol. The monoisotopic (exact) mass is 389 g/mol. The van der Waals surface area contributed by atoms with Crippen molar-refractivity contribution in [3.05, 3.63) is 64.4 Å². The molecule has 27 heavy (non-hydrogen) atoms. The van der Waals surface area contributed by atoms with E-state index in [1.54, 1.807) is 42.3 Å². The van der Waals surface area contributed by atoms with E-state index in [0.717, 1.165) is 0 Å². The first-order valence-electron chi connectivity index (χ1n) is 8.88. The Morgan fingerprint density at radius 2 is 1.81 bits per heavy atom. The summed E-state index contributed by atoms with van der Waals surface area (Å²) in [5.41, 5.74) is 0.874. The lowest BCUT2D eigenvalue weighted by Crippen LogP contribution is -2.41. The molecule has 2 aromatic rings. The highest BCUT2D eigenvalue weighted by molar-refractivity contribution is 6.31. The molecule has 0 saturated carbocycles. The van der Waals surface area contributed by atoms with Crippen LogP contribution < -0.4 is 4.74 Å². The van der Waals surface area contributed by atoms with Crippen molar-refractivity contribution in [1.82, 2.24) is 4.90 Å². The fourth-order valence-corrected chi connectivity index (χ4v) is 3.58. The van der Waals surface area contributed by atoms with Gasteiger partial charge in [-0.15, -0.1) is 0 Å². The molecule has 0 spiro atoms. The van der Waals surface area contributed by atoms with Crippen LogP contribution in [0, 0.1) is 11.7 Å². The first-order chi connectivity index (χ1) is 13.0. The zero-order chi connectivity index (χ0) is 19.4. The Balaban J connectivity index is 1.58. The Morgan fingerprint density at radius 3 is 2.41 bits per heavy atom. The number of amides is 1. The molecule has 1 aliphatic heterocycles. The minimum absolute atomic E-state index is 0.0669. The molecule has 4 nitrogen and oxygen atoms in total. The molecule has 2 aromatic carbocycles. The first-order valence-corrected chi connectivity index (χ1v) is 9.26. The number of likely N-dealkylation sites (tertiary alicyclic amines) is 1. The predicted molar refractivity (Wildman–Crippen MR) is 102 cm³/mol. The molecule has 0 aliphatic carbocycles. The van der Waals surface area contributed by atoms with E-state index < -0.39 is 5.82 Å². The van der Waals surface area contributed by atoms with E-state index in [1.165, 1.54) is 12.1 Å². The molecule has 0 unspecified atom stereocenters. The highest BCUT2D eigenvalue weighted by Gasteiger charge is 2.28. The maximum atomic E-state index is 13.9. The van der Waals surface area contributed by atoms with Gasteiger partial charge in [0.1, 0.15) is 11.6 Å². The lowest BCUT2D eigenvalue weighted by molar-refractivity contribution is -0.131. The number of carbonyl (C=O) groups excluding carboxylic acids is 2. The van der Waals surface area contributed by atoms with E-state index in [4.69, 9.17) is 16.3 Å². The summed E-state index contributed by atoms with van der Waals surface area (Å²) in [6.45, 7) is 0.967. The number of carbonyl (C=O) groups is 2. The zero-order valence-electron chi connectivity index (χ0n) is 15.1. The standard InChI is InChI=1S/C21H21ClFNO3/c1-27-16-7-5-14(6-8-16)21(26)15-9-11-24(12-10-15)20(25)13-17-18(22)3-2-4-19(17)23/h2-8,15H,9-13H2,1H3. The molecule has 1 saturated heterocycles. The SMILES string of the molecule is COc1ccc(C(=O)C2CCN(C(=O)Cc3c(F)cccc3Cl)CC2)cc1. The van der Waals surface area contributed by atoms with Crippen molar-refractivity contribution in [1.29, 1.82) is 0 Å². The van der Waals surface area contributed by atoms with Gasteiger partial charge in [-0.05, 0) is 49.2 Å². The van der Waals surface area contributed by atoms with Crippen LogP contribution in [0.5, 0.6) is 5.75 Å². The Labute approximate surface area is 162 Å². The van der Waals surface area contributed by atoms with Gasteiger partial charge < -0.3 is 9.64 Å². The van der Waals surface area contributed by atoms with Gasteiger partial charge in [0.05, 0.1) is 13.5 Å². The van der Waals surface area contributed by atoms with Crippen molar-refractivity contribution in [2.75, 3.05) is 20.2 Å². The van der Waals surface area contributed by atoms with E-state index in [9.17, 15) is 14.0 Å². The summed E-state index contributed by atoms with van der Waals surface area (Å²) in [6, 6.07) is 11.5. The lowest BCUT2D eigenvalue weighted by atomic mass is 9.88. The maximum absolute atomic E-state index is 13.9. The largest absolute Gasteiger partial charge is 0.497 e. The third-order valence-corrected chi connectivity index (χ3v) is 5.34. The highest BCUT2D eigenvalue weighted by Crippen LogP contribution is 2.25. The number of ketones is 1. The summed E-state index contributed by atoms with van der Waals surface area (Å²) in [4.78, 5) is 26.8. The van der Waals surface area contributed by atoms with Crippen LogP contribution in [-0.2, 0) is 11.2 Å². The van der Waals surface area contributed by atoms with Crippen LogP contribution in [0.3, 0.4) is 0 Å². The Kier molecular flexibility index (Phi) is 6.11. The van der Waals surface area contributed by atoms with Crippen molar-refractivity contribution < 1.29 is 18.7 Å². The molecule has 1 heterocycles. The van der Waals surface area contributed by atoms with Crippen LogP contribution in [0.2, 0.25) is 5.02 Å². The van der Waals surface area contributed by atoms with E-state index in [0.29, 0.717) is 37.2 Å². The number of Topliss-reactive ketones (excluding diaryl/α,β-unsaturated/α-hetero) is 1. The fourth-order valence-electron chi connectivity index (χ4n) is 3.35. The third kappa shape index (κ3) is 4.48. The molecule has 0 radical (unpaired) electrons. The zero-order valence-corrected chi connectivity index (χ0v) is 15.8. The fraction of sp³-hybridized carbons (Fsp3) is 0.333. The van der Waals surface area contributed by atoms with Gasteiger partial charge in [0, 0.05) is 35.2 Å². The Bertz CT molecular complexity index is 810. The molecule has 3 rings (SSSR count). The predicted octanol–water partition coefficient (Wildman–Crippen LogP) is 4.15. The Hall–Kier alpha value is -2.40. The minimum atomic E-state index is -0.472. The molecular formula is C21H21ClFNO3. The normalized spacial score (nSPS) is 14.9. The molecule has 0 N–H and O–H groups in total. The summed E-state index contributed by atoms with van der Waals surface area (Å²) >= 11 is 6.00. The molecule has 0 aromatic heterocycles. The molecule has 1 fully saturated rings. The topological polar surface area (TPSA) is 46.6 Å². The van der Waals surface area contributed by atoms with Gasteiger partial charge in [-0.25, -0.2) is 4.39 Å². The van der Waals surface area contributed by atoms with E-state index in [1.807, 2.05) is 0 Å². The number of ether oxygens (including phenoxy) is 1. The number of nitrogens with zero attached hydrogens (tertiary/aromatic N) is 1. The molecule has 6 heteroatoms. The molecule has 142 valence electrons.